The van der Waals surface area contributed by atoms with Gasteiger partial charge in [-0.2, -0.15) is 0 Å². The Bertz CT molecular complexity index is 1000. The minimum Gasteiger partial charge on any atom is -0.332 e. The molecule has 0 spiro atoms. The van der Waals surface area contributed by atoms with Crippen LogP contribution in [0.25, 0.3) is 0 Å². The summed E-state index contributed by atoms with van der Waals surface area (Å²) >= 11 is 5.06. The molecule has 0 bridgehead atoms. The first-order valence-corrected chi connectivity index (χ1v) is 8.50. The van der Waals surface area contributed by atoms with Gasteiger partial charge < -0.3 is 10.6 Å². The molecule has 28 heavy (non-hydrogen) atoms. The highest BCUT2D eigenvalue weighted by molar-refractivity contribution is 7.80. The molecule has 0 atom stereocenters. The smallest absolute Gasteiger partial charge is 0.269 e. The predicted molar refractivity (Wildman–Crippen MR) is 104 cm³/mol. The van der Waals surface area contributed by atoms with E-state index in [2.05, 4.69) is 10.6 Å². The van der Waals surface area contributed by atoms with Crippen LogP contribution in [0, 0.1) is 17.0 Å². The molecule has 0 saturated carbocycles. The first-order chi connectivity index (χ1) is 13.3. The Hall–Kier alpha value is -3.66. The number of benzene rings is 2. The van der Waals surface area contributed by atoms with Crippen LogP contribution < -0.4 is 10.6 Å². The number of imide groups is 1. The Morgan fingerprint density at radius 3 is 2.29 bits per heavy atom. The number of rotatable bonds is 4. The molecule has 0 saturated heterocycles. The van der Waals surface area contributed by atoms with Crippen LogP contribution in [-0.4, -0.2) is 39.2 Å². The Kier molecular flexibility index (Phi) is 5.14. The van der Waals surface area contributed by atoms with E-state index in [1.807, 2.05) is 0 Å². The van der Waals surface area contributed by atoms with Crippen molar-refractivity contribution >= 4 is 46.4 Å². The lowest BCUT2D eigenvalue weighted by Gasteiger charge is -2.15. The molecule has 142 valence electrons. The van der Waals surface area contributed by atoms with Gasteiger partial charge in [-0.15, -0.1) is 0 Å². The molecule has 2 aromatic carbocycles. The lowest BCUT2D eigenvalue weighted by molar-refractivity contribution is -0.384. The number of nitrogens with zero attached hydrogens (tertiary/aromatic N) is 2. The average Bonchev–Trinajstić information content (AvgIpc) is 2.88. The number of nitro groups is 1. The van der Waals surface area contributed by atoms with Crippen LogP contribution in [0.4, 0.5) is 11.4 Å². The number of amides is 3. The van der Waals surface area contributed by atoms with Gasteiger partial charge in [-0.1, -0.05) is 12.1 Å². The van der Waals surface area contributed by atoms with Crippen molar-refractivity contribution in [2.75, 3.05) is 11.9 Å². The summed E-state index contributed by atoms with van der Waals surface area (Å²) in [5.41, 5.74) is 1.48. The second kappa shape index (κ2) is 7.53. The second-order valence-electron chi connectivity index (χ2n) is 6.00. The lowest BCUT2D eigenvalue weighted by Crippen LogP contribution is -2.43. The van der Waals surface area contributed by atoms with Crippen LogP contribution in [0.1, 0.15) is 26.3 Å². The number of thiocarbonyl (C=S) groups is 1. The van der Waals surface area contributed by atoms with Gasteiger partial charge in [0.15, 0.2) is 5.11 Å². The summed E-state index contributed by atoms with van der Waals surface area (Å²) in [4.78, 5) is 47.8. The number of anilines is 1. The summed E-state index contributed by atoms with van der Waals surface area (Å²) in [6.45, 7) is 1.17. The normalized spacial score (nSPS) is 12.5. The molecular weight excluding hydrogens is 384 g/mol. The summed E-state index contributed by atoms with van der Waals surface area (Å²) in [5, 5.41) is 15.9. The number of hydrogen-bond donors (Lipinski definition) is 2. The maximum Gasteiger partial charge on any atom is 0.269 e. The van der Waals surface area contributed by atoms with E-state index in [0.29, 0.717) is 11.3 Å². The molecule has 3 rings (SSSR count). The van der Waals surface area contributed by atoms with Crippen molar-refractivity contribution in [2.45, 2.75) is 6.92 Å². The van der Waals surface area contributed by atoms with Crippen molar-refractivity contribution in [3.05, 3.63) is 69.3 Å². The highest BCUT2D eigenvalue weighted by atomic mass is 32.1. The molecule has 2 N–H and O–H groups in total. The van der Waals surface area contributed by atoms with Crippen molar-refractivity contribution in [2.24, 2.45) is 0 Å². The van der Waals surface area contributed by atoms with Gasteiger partial charge in [-0.3, -0.25) is 29.4 Å². The van der Waals surface area contributed by atoms with Crippen molar-refractivity contribution in [3.63, 3.8) is 0 Å². The molecule has 1 heterocycles. The summed E-state index contributed by atoms with van der Waals surface area (Å²) in [6, 6.07) is 10.5. The maximum atomic E-state index is 12.3. The molecule has 0 aliphatic carbocycles. The van der Waals surface area contributed by atoms with Crippen LogP contribution >= 0.6 is 12.2 Å². The molecule has 10 heteroatoms. The number of carbonyl (C=O) groups is 3. The van der Waals surface area contributed by atoms with Gasteiger partial charge in [-0.25, -0.2) is 0 Å². The summed E-state index contributed by atoms with van der Waals surface area (Å²) < 4.78 is 0. The molecule has 2 aromatic rings. The number of nitro benzene ring substituents is 1. The highest BCUT2D eigenvalue weighted by Gasteiger charge is 2.36. The predicted octanol–water partition coefficient (Wildman–Crippen LogP) is 2.01. The number of carbonyl (C=O) groups excluding carboxylic acids is 3. The summed E-state index contributed by atoms with van der Waals surface area (Å²) in [7, 11) is 0. The number of hydrogen-bond acceptors (Lipinski definition) is 6. The maximum absolute atomic E-state index is 12.3. The Labute approximate surface area is 164 Å². The van der Waals surface area contributed by atoms with Gasteiger partial charge >= 0.3 is 0 Å². The van der Waals surface area contributed by atoms with Crippen LogP contribution in [-0.2, 0) is 4.79 Å². The number of non-ortho nitro benzene ring substituents is 1. The van der Waals surface area contributed by atoms with Gasteiger partial charge in [0, 0.05) is 17.8 Å². The average molecular weight is 398 g/mol. The van der Waals surface area contributed by atoms with E-state index in [9.17, 15) is 24.5 Å². The van der Waals surface area contributed by atoms with Gasteiger partial charge in [0.1, 0.15) is 6.54 Å². The summed E-state index contributed by atoms with van der Waals surface area (Å²) in [6.07, 6.45) is 0. The number of nitrogens with one attached hydrogen (secondary N) is 2. The van der Waals surface area contributed by atoms with E-state index in [0.717, 1.165) is 4.90 Å². The van der Waals surface area contributed by atoms with Crippen LogP contribution in [0.3, 0.4) is 0 Å². The molecule has 0 unspecified atom stereocenters. The molecule has 9 nitrogen and oxygen atoms in total. The standard InChI is InChI=1S/C18H14N4O5S/c1-10-8-11(22(26)27)6-7-14(10)19-18(28)20-15(23)9-21-16(24)12-4-2-3-5-13(12)17(21)25/h2-8H,9H2,1H3,(H2,19,20,23,28). The topological polar surface area (TPSA) is 122 Å². The molecule has 0 aromatic heterocycles. The molecular formula is C18H14N4O5S. The largest absolute Gasteiger partial charge is 0.332 e. The van der Waals surface area contributed by atoms with Crippen molar-refractivity contribution in [3.8, 4) is 0 Å². The van der Waals surface area contributed by atoms with Crippen LogP contribution in [0.5, 0.6) is 0 Å². The quantitative estimate of drug-likeness (QED) is 0.350. The summed E-state index contributed by atoms with van der Waals surface area (Å²) in [5.74, 6) is -1.73. The van der Waals surface area contributed by atoms with Crippen molar-refractivity contribution in [1.29, 1.82) is 0 Å². The molecule has 0 fully saturated rings. The molecule has 0 radical (unpaired) electrons. The molecule has 3 amide bonds. The zero-order valence-corrected chi connectivity index (χ0v) is 15.4. The lowest BCUT2D eigenvalue weighted by atomic mass is 10.1. The van der Waals surface area contributed by atoms with Gasteiger partial charge in [0.2, 0.25) is 5.91 Å². The second-order valence-corrected chi connectivity index (χ2v) is 6.41. The SMILES string of the molecule is Cc1cc([N+](=O)[O-])ccc1NC(=S)NC(=O)CN1C(=O)c2ccccc2C1=O. The zero-order valence-electron chi connectivity index (χ0n) is 14.6. The Balaban J connectivity index is 1.61. The van der Waals surface area contributed by atoms with E-state index in [1.165, 1.54) is 30.3 Å². The van der Waals surface area contributed by atoms with Crippen LogP contribution in [0.2, 0.25) is 0 Å². The minimum absolute atomic E-state index is 0.0569. The monoisotopic (exact) mass is 398 g/mol. The fourth-order valence-corrected chi connectivity index (χ4v) is 2.97. The number of aryl methyl sites for hydroxylation is 1. The third-order valence-electron chi connectivity index (χ3n) is 4.10. The fourth-order valence-electron chi connectivity index (χ4n) is 2.75. The van der Waals surface area contributed by atoms with E-state index in [-0.39, 0.29) is 21.9 Å². The van der Waals surface area contributed by atoms with Crippen LogP contribution in [0.15, 0.2) is 42.5 Å². The molecule has 1 aliphatic rings. The van der Waals surface area contributed by atoms with Crippen molar-refractivity contribution in [1.82, 2.24) is 10.2 Å². The fraction of sp³-hybridized carbons (Fsp3) is 0.111. The third-order valence-corrected chi connectivity index (χ3v) is 4.31. The van der Waals surface area contributed by atoms with Crippen molar-refractivity contribution < 1.29 is 19.3 Å². The third kappa shape index (κ3) is 3.71. The van der Waals surface area contributed by atoms with Gasteiger partial charge in [0.25, 0.3) is 17.5 Å². The zero-order chi connectivity index (χ0) is 20.4. The van der Waals surface area contributed by atoms with Gasteiger partial charge in [-0.05, 0) is 42.9 Å². The first-order valence-electron chi connectivity index (χ1n) is 8.09. The number of fused-ring (bicyclic) bond motifs is 1. The first kappa shape index (κ1) is 19.1. The minimum atomic E-state index is -0.647. The van der Waals surface area contributed by atoms with Gasteiger partial charge in [0.05, 0.1) is 16.1 Å². The van der Waals surface area contributed by atoms with E-state index >= 15 is 0 Å². The van der Waals surface area contributed by atoms with E-state index in [1.54, 1.807) is 19.1 Å². The molecule has 1 aliphatic heterocycles. The Morgan fingerprint density at radius 1 is 1.14 bits per heavy atom. The van der Waals surface area contributed by atoms with E-state index < -0.39 is 29.2 Å². The highest BCUT2D eigenvalue weighted by Crippen LogP contribution is 2.22. The Morgan fingerprint density at radius 2 is 1.75 bits per heavy atom. The van der Waals surface area contributed by atoms with E-state index in [4.69, 9.17) is 12.2 Å².